The number of carbonyl (C=O) groups excluding carboxylic acids is 1. The van der Waals surface area contributed by atoms with Gasteiger partial charge < -0.3 is 15.1 Å². The van der Waals surface area contributed by atoms with Gasteiger partial charge in [0, 0.05) is 31.1 Å². The number of anilines is 1. The summed E-state index contributed by atoms with van der Waals surface area (Å²) in [6.07, 6.45) is 0. The predicted molar refractivity (Wildman–Crippen MR) is 109 cm³/mol. The molecule has 5 nitrogen and oxygen atoms in total. The summed E-state index contributed by atoms with van der Waals surface area (Å²) in [5.41, 5.74) is 3.61. The third-order valence-electron chi connectivity index (χ3n) is 4.76. The lowest BCUT2D eigenvalue weighted by Gasteiger charge is -2.34. The molecule has 0 spiro atoms. The molecule has 1 aromatic carbocycles. The topological polar surface area (TPSA) is 48.5 Å². The number of aryl methyl sites for hydroxylation is 2. The van der Waals surface area contributed by atoms with E-state index in [1.54, 1.807) is 22.7 Å². The molecule has 0 saturated carbocycles. The minimum absolute atomic E-state index is 0.0223. The van der Waals surface area contributed by atoms with E-state index in [1.165, 1.54) is 20.7 Å². The van der Waals surface area contributed by atoms with Crippen LogP contribution in [-0.2, 0) is 6.54 Å². The Labute approximate surface area is 161 Å². The van der Waals surface area contributed by atoms with E-state index in [0.29, 0.717) is 6.54 Å². The van der Waals surface area contributed by atoms with Gasteiger partial charge in [-0.25, -0.2) is 9.78 Å². The monoisotopic (exact) mass is 386 g/mol. The first-order valence-electron chi connectivity index (χ1n) is 8.78. The van der Waals surface area contributed by atoms with E-state index in [9.17, 15) is 4.79 Å². The molecule has 2 amide bonds. The zero-order valence-electron chi connectivity index (χ0n) is 15.0. The second-order valence-electron chi connectivity index (χ2n) is 6.59. The molecule has 2 aromatic heterocycles. The quantitative estimate of drug-likeness (QED) is 0.740. The largest absolute Gasteiger partial charge is 0.345 e. The highest BCUT2D eigenvalue weighted by Crippen LogP contribution is 2.33. The van der Waals surface area contributed by atoms with Gasteiger partial charge in [0.05, 0.1) is 16.8 Å². The molecule has 0 bridgehead atoms. The molecule has 3 aromatic rings. The Hall–Kier alpha value is -2.12. The van der Waals surface area contributed by atoms with Crippen molar-refractivity contribution in [2.45, 2.75) is 20.4 Å². The molecule has 1 fully saturated rings. The van der Waals surface area contributed by atoms with Crippen molar-refractivity contribution in [2.24, 2.45) is 0 Å². The number of fused-ring (bicyclic) bond motifs is 1. The van der Waals surface area contributed by atoms with Crippen molar-refractivity contribution in [2.75, 3.05) is 31.1 Å². The third kappa shape index (κ3) is 3.41. The Morgan fingerprint density at radius 3 is 2.62 bits per heavy atom. The molecule has 0 radical (unpaired) electrons. The summed E-state index contributed by atoms with van der Waals surface area (Å²) in [5.74, 6) is 0. The van der Waals surface area contributed by atoms with Gasteiger partial charge in [-0.15, -0.1) is 11.3 Å². The van der Waals surface area contributed by atoms with Crippen LogP contribution in [0.25, 0.3) is 10.2 Å². The number of rotatable bonds is 3. The number of thiophene rings is 1. The summed E-state index contributed by atoms with van der Waals surface area (Å²) < 4.78 is 1.27. The van der Waals surface area contributed by atoms with Crippen LogP contribution in [0, 0.1) is 13.8 Å². The minimum Gasteiger partial charge on any atom is -0.345 e. The van der Waals surface area contributed by atoms with E-state index in [0.717, 1.165) is 36.8 Å². The number of nitrogens with one attached hydrogen (secondary N) is 1. The van der Waals surface area contributed by atoms with Gasteiger partial charge in [0.2, 0.25) is 0 Å². The number of hydrogen-bond acceptors (Lipinski definition) is 5. The van der Waals surface area contributed by atoms with E-state index in [2.05, 4.69) is 36.2 Å². The van der Waals surface area contributed by atoms with Gasteiger partial charge in [0.15, 0.2) is 5.13 Å². The standard InChI is InChI=1S/C19H22N4OS2/c1-13-5-6-14(2)17-16(13)21-19(26-17)23-9-7-22(8-10-23)18(24)20-12-15-4-3-11-25-15/h3-6,11H,7-10,12H2,1-2H3,(H,20,24). The number of nitrogens with zero attached hydrogens (tertiary/aromatic N) is 3. The molecule has 1 aliphatic heterocycles. The Balaban J connectivity index is 1.38. The highest BCUT2D eigenvalue weighted by molar-refractivity contribution is 7.22. The maximum Gasteiger partial charge on any atom is 0.317 e. The fraction of sp³-hybridized carbons (Fsp3) is 0.368. The van der Waals surface area contributed by atoms with Crippen LogP contribution in [0.3, 0.4) is 0 Å². The maximum absolute atomic E-state index is 12.4. The molecular weight excluding hydrogens is 364 g/mol. The first-order chi connectivity index (χ1) is 12.6. The van der Waals surface area contributed by atoms with Crippen LogP contribution in [0.15, 0.2) is 29.6 Å². The second-order valence-corrected chi connectivity index (χ2v) is 8.60. The molecule has 3 heterocycles. The van der Waals surface area contributed by atoms with Crippen molar-refractivity contribution in [1.82, 2.24) is 15.2 Å². The van der Waals surface area contributed by atoms with Crippen LogP contribution in [0.1, 0.15) is 16.0 Å². The number of amides is 2. The number of aromatic nitrogens is 1. The Morgan fingerprint density at radius 2 is 1.92 bits per heavy atom. The zero-order chi connectivity index (χ0) is 18.1. The van der Waals surface area contributed by atoms with E-state index in [4.69, 9.17) is 4.98 Å². The van der Waals surface area contributed by atoms with Crippen molar-refractivity contribution < 1.29 is 4.79 Å². The van der Waals surface area contributed by atoms with Crippen molar-refractivity contribution in [1.29, 1.82) is 0 Å². The molecule has 1 aliphatic rings. The first-order valence-corrected chi connectivity index (χ1v) is 10.5. The van der Waals surface area contributed by atoms with Crippen LogP contribution in [0.5, 0.6) is 0 Å². The lowest BCUT2D eigenvalue weighted by atomic mass is 10.1. The highest BCUT2D eigenvalue weighted by atomic mass is 32.1. The third-order valence-corrected chi connectivity index (χ3v) is 6.89. The van der Waals surface area contributed by atoms with Crippen LogP contribution < -0.4 is 10.2 Å². The molecule has 0 unspecified atom stereocenters. The van der Waals surface area contributed by atoms with Crippen molar-refractivity contribution in [3.8, 4) is 0 Å². The molecule has 136 valence electrons. The predicted octanol–water partition coefficient (Wildman–Crippen LogP) is 4.01. The number of piperazine rings is 1. The molecule has 0 atom stereocenters. The Bertz CT molecular complexity index is 872. The first kappa shape index (κ1) is 17.3. The van der Waals surface area contributed by atoms with Crippen LogP contribution in [-0.4, -0.2) is 42.1 Å². The summed E-state index contributed by atoms with van der Waals surface area (Å²) in [7, 11) is 0. The fourth-order valence-electron chi connectivity index (χ4n) is 3.17. The normalized spacial score (nSPS) is 14.8. The Kier molecular flexibility index (Phi) is 4.82. The van der Waals surface area contributed by atoms with Gasteiger partial charge in [-0.3, -0.25) is 0 Å². The zero-order valence-corrected chi connectivity index (χ0v) is 16.6. The fourth-order valence-corrected chi connectivity index (χ4v) is 4.98. The Morgan fingerprint density at radius 1 is 1.15 bits per heavy atom. The summed E-state index contributed by atoms with van der Waals surface area (Å²) in [5, 5.41) is 6.11. The summed E-state index contributed by atoms with van der Waals surface area (Å²) >= 11 is 3.42. The van der Waals surface area contributed by atoms with Gasteiger partial charge in [0.25, 0.3) is 0 Å². The van der Waals surface area contributed by atoms with Crippen molar-refractivity contribution in [3.05, 3.63) is 45.6 Å². The van der Waals surface area contributed by atoms with Crippen LogP contribution in [0.4, 0.5) is 9.93 Å². The van der Waals surface area contributed by atoms with E-state index in [1.807, 2.05) is 22.4 Å². The average Bonchev–Trinajstić information content (AvgIpc) is 3.33. The van der Waals surface area contributed by atoms with Gasteiger partial charge in [-0.2, -0.15) is 0 Å². The maximum atomic E-state index is 12.4. The number of benzene rings is 1. The van der Waals surface area contributed by atoms with E-state index >= 15 is 0 Å². The molecule has 0 aliphatic carbocycles. The summed E-state index contributed by atoms with van der Waals surface area (Å²) in [6.45, 7) is 7.96. The summed E-state index contributed by atoms with van der Waals surface area (Å²) in [6, 6.07) is 8.37. The van der Waals surface area contributed by atoms with Crippen LogP contribution >= 0.6 is 22.7 Å². The van der Waals surface area contributed by atoms with Gasteiger partial charge in [0.1, 0.15) is 0 Å². The van der Waals surface area contributed by atoms with E-state index < -0.39 is 0 Å². The number of hydrogen-bond donors (Lipinski definition) is 1. The van der Waals surface area contributed by atoms with Crippen molar-refractivity contribution >= 4 is 44.1 Å². The molecule has 7 heteroatoms. The smallest absolute Gasteiger partial charge is 0.317 e. The van der Waals surface area contributed by atoms with Crippen molar-refractivity contribution in [3.63, 3.8) is 0 Å². The lowest BCUT2D eigenvalue weighted by molar-refractivity contribution is 0.194. The molecule has 1 saturated heterocycles. The van der Waals surface area contributed by atoms with E-state index in [-0.39, 0.29) is 6.03 Å². The minimum atomic E-state index is 0.0223. The molecule has 1 N–H and O–H groups in total. The molecule has 4 rings (SSSR count). The average molecular weight is 387 g/mol. The molecule has 26 heavy (non-hydrogen) atoms. The van der Waals surface area contributed by atoms with Gasteiger partial charge >= 0.3 is 6.03 Å². The van der Waals surface area contributed by atoms with Gasteiger partial charge in [-0.1, -0.05) is 29.5 Å². The lowest BCUT2D eigenvalue weighted by Crippen LogP contribution is -2.51. The number of carbonyl (C=O) groups is 1. The van der Waals surface area contributed by atoms with Crippen LogP contribution in [0.2, 0.25) is 0 Å². The molecular formula is C19H22N4OS2. The number of thiazole rings is 1. The SMILES string of the molecule is Cc1ccc(C)c2sc(N3CCN(C(=O)NCc4cccs4)CC3)nc12. The second kappa shape index (κ2) is 7.25. The number of urea groups is 1. The van der Waals surface area contributed by atoms with Gasteiger partial charge in [-0.05, 0) is 36.4 Å². The summed E-state index contributed by atoms with van der Waals surface area (Å²) in [4.78, 5) is 22.6. The highest BCUT2D eigenvalue weighted by Gasteiger charge is 2.23.